The van der Waals surface area contributed by atoms with Crippen LogP contribution in [0.4, 0.5) is 9.52 Å². The van der Waals surface area contributed by atoms with Crippen LogP contribution in [0, 0.1) is 5.82 Å². The molecule has 0 fully saturated rings. The molecule has 0 aliphatic rings. The van der Waals surface area contributed by atoms with Crippen molar-refractivity contribution in [3.63, 3.8) is 0 Å². The second kappa shape index (κ2) is 7.88. The number of ether oxygens (including phenoxy) is 1. The first-order valence-electron chi connectivity index (χ1n) is 7.89. The Bertz CT molecular complexity index is 941. The summed E-state index contributed by atoms with van der Waals surface area (Å²) in [4.78, 5) is 29.1. The molecule has 3 aromatic rings. The molecule has 0 atom stereocenters. The Morgan fingerprint density at radius 2 is 1.81 bits per heavy atom. The fourth-order valence-electron chi connectivity index (χ4n) is 2.31. The molecule has 0 bridgehead atoms. The maximum Gasteiger partial charge on any atom is 0.350 e. The van der Waals surface area contributed by atoms with E-state index in [4.69, 9.17) is 4.74 Å². The van der Waals surface area contributed by atoms with Crippen molar-refractivity contribution >= 4 is 28.3 Å². The van der Waals surface area contributed by atoms with Crippen LogP contribution in [0.3, 0.4) is 0 Å². The summed E-state index contributed by atoms with van der Waals surface area (Å²) in [5.41, 5.74) is 1.04. The molecule has 5 nitrogen and oxygen atoms in total. The van der Waals surface area contributed by atoms with Gasteiger partial charge in [-0.05, 0) is 19.1 Å². The van der Waals surface area contributed by atoms with Crippen LogP contribution >= 0.6 is 11.3 Å². The zero-order valence-corrected chi connectivity index (χ0v) is 14.7. The van der Waals surface area contributed by atoms with E-state index >= 15 is 0 Å². The van der Waals surface area contributed by atoms with Gasteiger partial charge in [0.2, 0.25) is 0 Å². The second-order valence-corrected chi connectivity index (χ2v) is 6.22. The summed E-state index contributed by atoms with van der Waals surface area (Å²) in [6.45, 7) is 1.93. The van der Waals surface area contributed by atoms with E-state index in [1.54, 1.807) is 25.1 Å². The molecule has 0 aliphatic carbocycles. The Hall–Kier alpha value is -3.06. The molecule has 2 aromatic carbocycles. The number of carbonyl (C=O) groups is 2. The van der Waals surface area contributed by atoms with Crippen LogP contribution in [0.2, 0.25) is 0 Å². The van der Waals surface area contributed by atoms with E-state index in [9.17, 15) is 14.0 Å². The predicted molar refractivity (Wildman–Crippen MR) is 97.9 cm³/mol. The lowest BCUT2D eigenvalue weighted by Gasteiger charge is -2.02. The molecule has 0 aliphatic heterocycles. The summed E-state index contributed by atoms with van der Waals surface area (Å²) in [7, 11) is 0. The molecular weight excluding hydrogens is 355 g/mol. The number of aromatic nitrogens is 1. The SMILES string of the molecule is CCOC(=O)c1sc(NC(=O)c2ccccc2F)nc1-c1ccccc1. The van der Waals surface area contributed by atoms with Gasteiger partial charge in [-0.2, -0.15) is 0 Å². The Labute approximate surface area is 153 Å². The molecule has 1 aromatic heterocycles. The highest BCUT2D eigenvalue weighted by molar-refractivity contribution is 7.18. The van der Waals surface area contributed by atoms with Gasteiger partial charge in [-0.1, -0.05) is 53.8 Å². The van der Waals surface area contributed by atoms with Crippen molar-refractivity contribution in [3.05, 3.63) is 70.9 Å². The number of hydrogen-bond donors (Lipinski definition) is 1. The van der Waals surface area contributed by atoms with Crippen molar-refractivity contribution in [1.82, 2.24) is 4.98 Å². The summed E-state index contributed by atoms with van der Waals surface area (Å²) in [6, 6.07) is 14.8. The van der Waals surface area contributed by atoms with Gasteiger partial charge < -0.3 is 4.74 Å². The minimum atomic E-state index is -0.633. The van der Waals surface area contributed by atoms with Crippen molar-refractivity contribution in [3.8, 4) is 11.3 Å². The number of rotatable bonds is 5. The standard InChI is InChI=1S/C19H15FN2O3S/c1-2-25-18(24)16-15(12-8-4-3-5-9-12)21-19(26-16)22-17(23)13-10-6-7-11-14(13)20/h3-11H,2H2,1H3,(H,21,22,23). The smallest absolute Gasteiger partial charge is 0.350 e. The average Bonchev–Trinajstić information content (AvgIpc) is 3.07. The van der Waals surface area contributed by atoms with Gasteiger partial charge in [-0.15, -0.1) is 0 Å². The lowest BCUT2D eigenvalue weighted by Crippen LogP contribution is -2.13. The van der Waals surface area contributed by atoms with E-state index in [1.165, 1.54) is 18.2 Å². The molecule has 3 rings (SSSR count). The van der Waals surface area contributed by atoms with Gasteiger partial charge in [0.25, 0.3) is 5.91 Å². The molecule has 1 amide bonds. The highest BCUT2D eigenvalue weighted by Gasteiger charge is 2.22. The zero-order valence-electron chi connectivity index (χ0n) is 13.9. The largest absolute Gasteiger partial charge is 0.462 e. The minimum absolute atomic E-state index is 0.0957. The van der Waals surface area contributed by atoms with E-state index in [-0.39, 0.29) is 22.2 Å². The van der Waals surface area contributed by atoms with Crippen molar-refractivity contribution in [2.45, 2.75) is 6.92 Å². The number of nitrogens with zero attached hydrogens (tertiary/aromatic N) is 1. The van der Waals surface area contributed by atoms with Crippen molar-refractivity contribution < 1.29 is 18.7 Å². The van der Waals surface area contributed by atoms with Crippen molar-refractivity contribution in [2.24, 2.45) is 0 Å². The number of esters is 1. The number of amides is 1. The van der Waals surface area contributed by atoms with Crippen LogP contribution < -0.4 is 5.32 Å². The van der Waals surface area contributed by atoms with Crippen LogP contribution in [0.15, 0.2) is 54.6 Å². The van der Waals surface area contributed by atoms with Gasteiger partial charge in [0.15, 0.2) is 5.13 Å². The summed E-state index contributed by atoms with van der Waals surface area (Å²) in [5, 5.41) is 2.74. The van der Waals surface area contributed by atoms with E-state index in [2.05, 4.69) is 10.3 Å². The molecule has 26 heavy (non-hydrogen) atoms. The first kappa shape index (κ1) is 17.8. The van der Waals surface area contributed by atoms with Gasteiger partial charge >= 0.3 is 5.97 Å². The number of halogens is 1. The molecular formula is C19H15FN2O3S. The highest BCUT2D eigenvalue weighted by Crippen LogP contribution is 2.32. The average molecular weight is 370 g/mol. The van der Waals surface area contributed by atoms with Crippen LogP contribution in [0.5, 0.6) is 0 Å². The number of carbonyl (C=O) groups excluding carboxylic acids is 2. The molecule has 132 valence electrons. The number of anilines is 1. The predicted octanol–water partition coefficient (Wildman–Crippen LogP) is 4.38. The van der Waals surface area contributed by atoms with E-state index in [0.29, 0.717) is 5.69 Å². The third-order valence-corrected chi connectivity index (χ3v) is 4.42. The Morgan fingerprint density at radius 3 is 2.50 bits per heavy atom. The number of hydrogen-bond acceptors (Lipinski definition) is 5. The zero-order chi connectivity index (χ0) is 18.5. The molecule has 0 unspecified atom stereocenters. The fraction of sp³-hybridized carbons (Fsp3) is 0.105. The van der Waals surface area contributed by atoms with Gasteiger partial charge in [0, 0.05) is 5.56 Å². The van der Waals surface area contributed by atoms with Crippen LogP contribution in [-0.2, 0) is 4.74 Å². The topological polar surface area (TPSA) is 68.3 Å². The highest BCUT2D eigenvalue weighted by atomic mass is 32.1. The van der Waals surface area contributed by atoms with E-state index in [0.717, 1.165) is 16.9 Å². The van der Waals surface area contributed by atoms with Crippen molar-refractivity contribution in [2.75, 3.05) is 11.9 Å². The molecule has 7 heteroatoms. The van der Waals surface area contributed by atoms with Crippen LogP contribution in [0.1, 0.15) is 27.0 Å². The van der Waals surface area contributed by atoms with Crippen LogP contribution in [0.25, 0.3) is 11.3 Å². The summed E-state index contributed by atoms with van der Waals surface area (Å²) in [6.07, 6.45) is 0. The maximum absolute atomic E-state index is 13.8. The number of thiazole rings is 1. The van der Waals surface area contributed by atoms with Gasteiger partial charge in [0.05, 0.1) is 17.9 Å². The Kier molecular flexibility index (Phi) is 5.38. The fourth-order valence-corrected chi connectivity index (χ4v) is 3.19. The lowest BCUT2D eigenvalue weighted by molar-refractivity contribution is 0.0532. The Morgan fingerprint density at radius 1 is 1.12 bits per heavy atom. The first-order valence-corrected chi connectivity index (χ1v) is 8.71. The van der Waals surface area contributed by atoms with Crippen LogP contribution in [-0.4, -0.2) is 23.5 Å². The molecule has 1 heterocycles. The monoisotopic (exact) mass is 370 g/mol. The summed E-state index contributed by atoms with van der Waals surface area (Å²) in [5.74, 6) is -1.78. The lowest BCUT2D eigenvalue weighted by atomic mass is 10.1. The molecule has 0 saturated carbocycles. The molecule has 0 spiro atoms. The van der Waals surface area contributed by atoms with Gasteiger partial charge in [-0.3, -0.25) is 10.1 Å². The maximum atomic E-state index is 13.8. The molecule has 0 radical (unpaired) electrons. The minimum Gasteiger partial charge on any atom is -0.462 e. The third-order valence-electron chi connectivity index (χ3n) is 3.47. The summed E-state index contributed by atoms with van der Waals surface area (Å²) >= 11 is 0.991. The van der Waals surface area contributed by atoms with Gasteiger partial charge in [-0.25, -0.2) is 14.2 Å². The quantitative estimate of drug-likeness (QED) is 0.677. The van der Waals surface area contributed by atoms with Gasteiger partial charge in [0.1, 0.15) is 10.7 Å². The molecule has 1 N–H and O–H groups in total. The summed E-state index contributed by atoms with van der Waals surface area (Å²) < 4.78 is 18.8. The third kappa shape index (κ3) is 3.78. The van der Waals surface area contributed by atoms with E-state index in [1.807, 2.05) is 18.2 Å². The number of nitrogens with one attached hydrogen (secondary N) is 1. The normalized spacial score (nSPS) is 10.4. The van der Waals surface area contributed by atoms with E-state index < -0.39 is 17.7 Å². The first-order chi connectivity index (χ1) is 12.6. The van der Waals surface area contributed by atoms with Crippen molar-refractivity contribution in [1.29, 1.82) is 0 Å². The molecule has 0 saturated heterocycles. The Balaban J connectivity index is 1.95. The number of benzene rings is 2. The second-order valence-electron chi connectivity index (χ2n) is 5.22.